The summed E-state index contributed by atoms with van der Waals surface area (Å²) in [6.45, 7) is 5.05. The van der Waals surface area contributed by atoms with Crippen LogP contribution in [0, 0.1) is 0 Å². The Kier molecular flexibility index (Phi) is 5.65. The number of ether oxygens (including phenoxy) is 1. The largest absolute Gasteiger partial charge is 0.378 e. The van der Waals surface area contributed by atoms with Crippen molar-refractivity contribution in [1.82, 2.24) is 19.8 Å². The monoisotopic (exact) mass is 344 g/mol. The molecule has 0 spiro atoms. The number of hydrogen-bond donors (Lipinski definition) is 1. The fourth-order valence-electron chi connectivity index (χ4n) is 2.98. The SMILES string of the molecule is CCC(=O)NCCc1nc2ccccc2n1CC(=O)N1CCOCC1. The van der Waals surface area contributed by atoms with Gasteiger partial charge in [0, 0.05) is 32.5 Å². The molecule has 0 bridgehead atoms. The number of benzene rings is 1. The van der Waals surface area contributed by atoms with Crippen molar-refractivity contribution in [1.29, 1.82) is 0 Å². The van der Waals surface area contributed by atoms with Crippen LogP contribution < -0.4 is 5.32 Å². The molecule has 1 saturated heterocycles. The van der Waals surface area contributed by atoms with Crippen LogP contribution >= 0.6 is 0 Å². The molecule has 0 unspecified atom stereocenters. The molecular formula is C18H24N4O3. The Labute approximate surface area is 147 Å². The van der Waals surface area contributed by atoms with E-state index in [1.807, 2.05) is 40.7 Å². The zero-order valence-electron chi connectivity index (χ0n) is 14.5. The van der Waals surface area contributed by atoms with Crippen LogP contribution in [0.4, 0.5) is 0 Å². The van der Waals surface area contributed by atoms with E-state index in [0.717, 1.165) is 16.9 Å². The molecule has 7 heteroatoms. The smallest absolute Gasteiger partial charge is 0.242 e. The third kappa shape index (κ3) is 4.17. The predicted molar refractivity (Wildman–Crippen MR) is 94.1 cm³/mol. The molecule has 1 aromatic heterocycles. The first-order valence-electron chi connectivity index (χ1n) is 8.75. The molecule has 1 fully saturated rings. The summed E-state index contributed by atoms with van der Waals surface area (Å²) in [7, 11) is 0. The first kappa shape index (κ1) is 17.4. The van der Waals surface area contributed by atoms with E-state index >= 15 is 0 Å². The zero-order chi connectivity index (χ0) is 17.6. The second-order valence-electron chi connectivity index (χ2n) is 6.05. The highest BCUT2D eigenvalue weighted by Crippen LogP contribution is 2.17. The van der Waals surface area contributed by atoms with E-state index in [-0.39, 0.29) is 18.4 Å². The van der Waals surface area contributed by atoms with Crippen molar-refractivity contribution < 1.29 is 14.3 Å². The lowest BCUT2D eigenvalue weighted by Gasteiger charge is -2.27. The third-order valence-electron chi connectivity index (χ3n) is 4.38. The molecule has 0 atom stereocenters. The van der Waals surface area contributed by atoms with E-state index in [1.54, 1.807) is 0 Å². The van der Waals surface area contributed by atoms with Crippen molar-refractivity contribution in [2.75, 3.05) is 32.8 Å². The summed E-state index contributed by atoms with van der Waals surface area (Å²) in [6.07, 6.45) is 1.06. The molecule has 1 aromatic carbocycles. The summed E-state index contributed by atoms with van der Waals surface area (Å²) in [5, 5.41) is 2.86. The fourth-order valence-corrected chi connectivity index (χ4v) is 2.98. The molecule has 0 saturated carbocycles. The number of imidazole rings is 1. The number of rotatable bonds is 6. The van der Waals surface area contributed by atoms with Gasteiger partial charge in [0.05, 0.1) is 24.2 Å². The fraction of sp³-hybridized carbons (Fsp3) is 0.500. The van der Waals surface area contributed by atoms with Crippen molar-refractivity contribution in [3.63, 3.8) is 0 Å². The Morgan fingerprint density at radius 3 is 2.76 bits per heavy atom. The summed E-state index contributed by atoms with van der Waals surface area (Å²) in [6, 6.07) is 7.80. The van der Waals surface area contributed by atoms with Gasteiger partial charge in [0.15, 0.2) is 0 Å². The van der Waals surface area contributed by atoms with E-state index in [1.165, 1.54) is 0 Å². The minimum Gasteiger partial charge on any atom is -0.378 e. The number of carbonyl (C=O) groups excluding carboxylic acids is 2. The first-order chi connectivity index (χ1) is 12.2. The lowest BCUT2D eigenvalue weighted by atomic mass is 10.3. The Bertz CT molecular complexity index is 750. The number of hydrogen-bond acceptors (Lipinski definition) is 4. The van der Waals surface area contributed by atoms with Gasteiger partial charge in [0.1, 0.15) is 12.4 Å². The predicted octanol–water partition coefficient (Wildman–Crippen LogP) is 0.964. The molecule has 1 N–H and O–H groups in total. The van der Waals surface area contributed by atoms with Crippen LogP contribution in [-0.2, 0) is 27.3 Å². The van der Waals surface area contributed by atoms with Crippen LogP contribution in [0.15, 0.2) is 24.3 Å². The van der Waals surface area contributed by atoms with Crippen LogP contribution in [0.25, 0.3) is 11.0 Å². The Balaban J connectivity index is 1.77. The van der Waals surface area contributed by atoms with E-state index in [0.29, 0.717) is 45.7 Å². The van der Waals surface area contributed by atoms with Gasteiger partial charge in [0.2, 0.25) is 11.8 Å². The molecule has 1 aliphatic heterocycles. The van der Waals surface area contributed by atoms with Crippen LogP contribution in [0.2, 0.25) is 0 Å². The van der Waals surface area contributed by atoms with Gasteiger partial charge in [0.25, 0.3) is 0 Å². The minimum atomic E-state index is 0.0204. The van der Waals surface area contributed by atoms with Crippen LogP contribution in [0.3, 0.4) is 0 Å². The van der Waals surface area contributed by atoms with E-state index in [9.17, 15) is 9.59 Å². The molecule has 2 aromatic rings. The van der Waals surface area contributed by atoms with Gasteiger partial charge in [-0.25, -0.2) is 4.98 Å². The molecule has 7 nitrogen and oxygen atoms in total. The normalized spacial score (nSPS) is 14.7. The first-order valence-corrected chi connectivity index (χ1v) is 8.75. The maximum absolute atomic E-state index is 12.6. The third-order valence-corrected chi connectivity index (χ3v) is 4.38. The second-order valence-corrected chi connectivity index (χ2v) is 6.05. The van der Waals surface area contributed by atoms with Crippen molar-refractivity contribution in [3.8, 4) is 0 Å². The summed E-state index contributed by atoms with van der Waals surface area (Å²) < 4.78 is 7.28. The van der Waals surface area contributed by atoms with Crippen molar-refractivity contribution >= 4 is 22.8 Å². The number of nitrogens with zero attached hydrogens (tertiary/aromatic N) is 3. The molecule has 0 aliphatic carbocycles. The number of aromatic nitrogens is 2. The summed E-state index contributed by atoms with van der Waals surface area (Å²) >= 11 is 0. The zero-order valence-corrected chi connectivity index (χ0v) is 14.5. The van der Waals surface area contributed by atoms with Crippen LogP contribution in [0.1, 0.15) is 19.2 Å². The van der Waals surface area contributed by atoms with Crippen molar-refractivity contribution in [3.05, 3.63) is 30.1 Å². The minimum absolute atomic E-state index is 0.0204. The summed E-state index contributed by atoms with van der Waals surface area (Å²) in [5.41, 5.74) is 1.81. The summed E-state index contributed by atoms with van der Waals surface area (Å²) in [5.74, 6) is 0.913. The number of morpholine rings is 1. The Hall–Kier alpha value is -2.41. The highest BCUT2D eigenvalue weighted by atomic mass is 16.5. The van der Waals surface area contributed by atoms with E-state index < -0.39 is 0 Å². The van der Waals surface area contributed by atoms with E-state index in [2.05, 4.69) is 10.3 Å². The lowest BCUT2D eigenvalue weighted by molar-refractivity contribution is -0.135. The second kappa shape index (κ2) is 8.11. The van der Waals surface area contributed by atoms with Gasteiger partial charge in [-0.1, -0.05) is 19.1 Å². The molecule has 1 aliphatic rings. The van der Waals surface area contributed by atoms with Gasteiger partial charge in [-0.05, 0) is 12.1 Å². The number of para-hydroxylation sites is 2. The highest BCUT2D eigenvalue weighted by Gasteiger charge is 2.20. The van der Waals surface area contributed by atoms with Gasteiger partial charge >= 0.3 is 0 Å². The van der Waals surface area contributed by atoms with E-state index in [4.69, 9.17) is 4.74 Å². The van der Waals surface area contributed by atoms with Gasteiger partial charge < -0.3 is 19.5 Å². The number of nitrogens with one attached hydrogen (secondary N) is 1. The van der Waals surface area contributed by atoms with Gasteiger partial charge in [-0.2, -0.15) is 0 Å². The molecule has 3 rings (SSSR count). The number of amides is 2. The van der Waals surface area contributed by atoms with Gasteiger partial charge in [-0.15, -0.1) is 0 Å². The lowest BCUT2D eigenvalue weighted by Crippen LogP contribution is -2.42. The maximum atomic E-state index is 12.6. The molecule has 2 heterocycles. The topological polar surface area (TPSA) is 76.5 Å². The number of fused-ring (bicyclic) bond motifs is 1. The van der Waals surface area contributed by atoms with Gasteiger partial charge in [-0.3, -0.25) is 9.59 Å². The molecule has 134 valence electrons. The van der Waals surface area contributed by atoms with Crippen LogP contribution in [0.5, 0.6) is 0 Å². The average molecular weight is 344 g/mol. The molecule has 25 heavy (non-hydrogen) atoms. The Morgan fingerprint density at radius 2 is 2.00 bits per heavy atom. The van der Waals surface area contributed by atoms with Crippen LogP contribution in [-0.4, -0.2) is 59.1 Å². The number of carbonyl (C=O) groups is 2. The molecular weight excluding hydrogens is 320 g/mol. The maximum Gasteiger partial charge on any atom is 0.242 e. The van der Waals surface area contributed by atoms with Crippen molar-refractivity contribution in [2.24, 2.45) is 0 Å². The quantitative estimate of drug-likeness (QED) is 0.847. The average Bonchev–Trinajstić information content (AvgIpc) is 3.00. The highest BCUT2D eigenvalue weighted by molar-refractivity contribution is 5.81. The summed E-state index contributed by atoms with van der Waals surface area (Å²) in [4.78, 5) is 30.6. The standard InChI is InChI=1S/C18H24N4O3/c1-2-17(23)19-8-7-16-20-14-5-3-4-6-15(14)22(16)13-18(24)21-9-11-25-12-10-21/h3-6H,2,7-13H2,1H3,(H,19,23). The molecule has 0 radical (unpaired) electrons. The van der Waals surface area contributed by atoms with Crippen molar-refractivity contribution in [2.45, 2.75) is 26.3 Å². The molecule has 2 amide bonds. The Morgan fingerprint density at radius 1 is 1.24 bits per heavy atom.